The van der Waals surface area contributed by atoms with Crippen molar-refractivity contribution in [2.45, 2.75) is 33.3 Å². The summed E-state index contributed by atoms with van der Waals surface area (Å²) in [5, 5.41) is 13.8. The molecule has 3 rings (SSSR count). The van der Waals surface area contributed by atoms with Crippen molar-refractivity contribution in [2.24, 2.45) is 0 Å². The Morgan fingerprint density at radius 3 is 2.71 bits per heavy atom. The van der Waals surface area contributed by atoms with Crippen LogP contribution < -0.4 is 15.0 Å². The molecule has 0 bridgehead atoms. The number of aryl methyl sites for hydroxylation is 2. The van der Waals surface area contributed by atoms with Gasteiger partial charge in [0.2, 0.25) is 5.91 Å². The van der Waals surface area contributed by atoms with Gasteiger partial charge in [-0.15, -0.1) is 0 Å². The maximum atomic E-state index is 12.7. The molecule has 0 fully saturated rings. The van der Waals surface area contributed by atoms with Crippen molar-refractivity contribution < 1.29 is 19.2 Å². The summed E-state index contributed by atoms with van der Waals surface area (Å²) in [6.07, 6.45) is -0.380. The maximum absolute atomic E-state index is 12.7. The Morgan fingerprint density at radius 1 is 1.32 bits per heavy atom. The zero-order valence-electron chi connectivity index (χ0n) is 15.8. The van der Waals surface area contributed by atoms with Crippen molar-refractivity contribution in [3.63, 3.8) is 0 Å². The number of aromatic nitrogens is 1. The van der Waals surface area contributed by atoms with E-state index in [1.165, 1.54) is 12.1 Å². The lowest BCUT2D eigenvalue weighted by molar-refractivity contribution is -0.389. The summed E-state index contributed by atoms with van der Waals surface area (Å²) in [4.78, 5) is 40.7. The number of hydrogen-bond donors (Lipinski definition) is 1. The molecule has 0 saturated heterocycles. The van der Waals surface area contributed by atoms with Crippen molar-refractivity contribution in [3.05, 3.63) is 51.6 Å². The maximum Gasteiger partial charge on any atom is 0.366 e. The van der Waals surface area contributed by atoms with E-state index in [-0.39, 0.29) is 18.1 Å². The summed E-state index contributed by atoms with van der Waals surface area (Å²) < 4.78 is 5.58. The Morgan fingerprint density at radius 2 is 2.07 bits per heavy atom. The van der Waals surface area contributed by atoms with E-state index >= 15 is 0 Å². The van der Waals surface area contributed by atoms with E-state index in [9.17, 15) is 19.7 Å². The topological polar surface area (TPSA) is 115 Å². The number of nitrogens with one attached hydrogen (secondary N) is 1. The van der Waals surface area contributed by atoms with Crippen LogP contribution in [0.5, 0.6) is 5.75 Å². The first kappa shape index (κ1) is 19.3. The summed E-state index contributed by atoms with van der Waals surface area (Å²) in [6.45, 7) is 5.27. The van der Waals surface area contributed by atoms with E-state index in [0.29, 0.717) is 12.1 Å². The number of rotatable bonds is 5. The Hall–Kier alpha value is -3.49. The fraction of sp³-hybridized carbons (Fsp3) is 0.316. The van der Waals surface area contributed by atoms with E-state index in [1.54, 1.807) is 13.0 Å². The second kappa shape index (κ2) is 7.63. The molecule has 2 heterocycles. The van der Waals surface area contributed by atoms with Crippen LogP contribution in [-0.4, -0.2) is 34.4 Å². The van der Waals surface area contributed by atoms with Gasteiger partial charge in [0, 0.05) is 11.8 Å². The quantitative estimate of drug-likeness (QED) is 0.626. The molecule has 28 heavy (non-hydrogen) atoms. The standard InChI is InChI=1S/C19H20N4O5/c1-4-14-19(25)22(18-15(28-14)7-8-16(21-18)23(26)27)10-17(24)20-13-6-5-11(2)9-12(13)3/h5-9,14H,4,10H2,1-3H3,(H,20,24). The van der Waals surface area contributed by atoms with Gasteiger partial charge in [-0.05, 0) is 47.9 Å². The fourth-order valence-corrected chi connectivity index (χ4v) is 2.99. The van der Waals surface area contributed by atoms with E-state index in [0.717, 1.165) is 16.0 Å². The number of carbonyl (C=O) groups excluding carboxylic acids is 2. The van der Waals surface area contributed by atoms with Crippen LogP contribution in [0.1, 0.15) is 24.5 Å². The van der Waals surface area contributed by atoms with Crippen LogP contribution in [0, 0.1) is 24.0 Å². The number of nitro groups is 1. The van der Waals surface area contributed by atoms with Gasteiger partial charge in [0.1, 0.15) is 6.54 Å². The normalized spacial score (nSPS) is 15.6. The highest BCUT2D eigenvalue weighted by molar-refractivity contribution is 6.05. The first-order valence-corrected chi connectivity index (χ1v) is 8.80. The minimum atomic E-state index is -0.773. The minimum Gasteiger partial charge on any atom is -0.474 e. The number of fused-ring (bicyclic) bond motifs is 1. The molecule has 1 aliphatic heterocycles. The lowest BCUT2D eigenvalue weighted by Crippen LogP contribution is -2.49. The van der Waals surface area contributed by atoms with Gasteiger partial charge in [-0.3, -0.25) is 14.5 Å². The zero-order valence-corrected chi connectivity index (χ0v) is 15.8. The molecule has 1 aromatic carbocycles. The van der Waals surface area contributed by atoms with E-state index in [2.05, 4.69) is 10.3 Å². The minimum absolute atomic E-state index is 0.0281. The number of hydrogen-bond acceptors (Lipinski definition) is 6. The first-order chi connectivity index (χ1) is 13.3. The van der Waals surface area contributed by atoms with Crippen LogP contribution in [0.2, 0.25) is 0 Å². The zero-order chi connectivity index (χ0) is 20.4. The van der Waals surface area contributed by atoms with Crippen molar-refractivity contribution >= 4 is 29.1 Å². The molecule has 9 nitrogen and oxygen atoms in total. The van der Waals surface area contributed by atoms with Gasteiger partial charge in [-0.25, -0.2) is 0 Å². The molecule has 2 aromatic rings. The summed E-state index contributed by atoms with van der Waals surface area (Å²) in [5.41, 5.74) is 2.59. The van der Waals surface area contributed by atoms with E-state index in [1.807, 2.05) is 26.0 Å². The van der Waals surface area contributed by atoms with Gasteiger partial charge in [0.05, 0.1) is 0 Å². The van der Waals surface area contributed by atoms with Crippen LogP contribution in [0.4, 0.5) is 17.3 Å². The molecule has 0 spiro atoms. The molecule has 9 heteroatoms. The second-order valence-electron chi connectivity index (χ2n) is 6.55. The van der Waals surface area contributed by atoms with Crippen molar-refractivity contribution in [3.8, 4) is 5.75 Å². The number of pyridine rings is 1. The van der Waals surface area contributed by atoms with Gasteiger partial charge < -0.3 is 20.2 Å². The molecule has 1 unspecified atom stereocenters. The smallest absolute Gasteiger partial charge is 0.366 e. The third-order valence-electron chi connectivity index (χ3n) is 4.41. The Kier molecular flexibility index (Phi) is 5.25. The number of ether oxygens (including phenoxy) is 1. The number of benzene rings is 1. The molecule has 1 N–H and O–H groups in total. The number of anilines is 2. The second-order valence-corrected chi connectivity index (χ2v) is 6.55. The average Bonchev–Trinajstić information content (AvgIpc) is 2.65. The summed E-state index contributed by atoms with van der Waals surface area (Å²) >= 11 is 0. The van der Waals surface area contributed by atoms with Gasteiger partial charge in [0.25, 0.3) is 11.7 Å². The number of amides is 2. The summed E-state index contributed by atoms with van der Waals surface area (Å²) in [5.74, 6) is -1.11. The predicted octanol–water partition coefficient (Wildman–Crippen LogP) is 2.75. The van der Waals surface area contributed by atoms with Crippen LogP contribution >= 0.6 is 0 Å². The summed E-state index contributed by atoms with van der Waals surface area (Å²) in [6, 6.07) is 8.19. The third-order valence-corrected chi connectivity index (χ3v) is 4.41. The average molecular weight is 384 g/mol. The molecule has 1 aromatic heterocycles. The highest BCUT2D eigenvalue weighted by atomic mass is 16.6. The molecule has 146 valence electrons. The van der Waals surface area contributed by atoms with Crippen molar-refractivity contribution in [2.75, 3.05) is 16.8 Å². The fourth-order valence-electron chi connectivity index (χ4n) is 2.99. The Labute approximate surface area is 161 Å². The van der Waals surface area contributed by atoms with Crippen LogP contribution in [0.3, 0.4) is 0 Å². The third kappa shape index (κ3) is 3.78. The number of carbonyl (C=O) groups is 2. The van der Waals surface area contributed by atoms with Gasteiger partial charge >= 0.3 is 5.82 Å². The Bertz CT molecular complexity index is 959. The molecule has 1 atom stereocenters. The summed E-state index contributed by atoms with van der Waals surface area (Å²) in [7, 11) is 0. The molecule has 0 radical (unpaired) electrons. The SMILES string of the molecule is CCC1Oc2ccc([N+](=O)[O-])nc2N(CC(=O)Nc2ccc(C)cc2C)C1=O. The molecule has 0 saturated carbocycles. The van der Waals surface area contributed by atoms with Crippen molar-refractivity contribution in [1.82, 2.24) is 4.98 Å². The molecular formula is C19H20N4O5. The largest absolute Gasteiger partial charge is 0.474 e. The van der Waals surface area contributed by atoms with Gasteiger partial charge in [-0.2, -0.15) is 0 Å². The highest BCUT2D eigenvalue weighted by Crippen LogP contribution is 2.34. The highest BCUT2D eigenvalue weighted by Gasteiger charge is 2.39. The van der Waals surface area contributed by atoms with Gasteiger partial charge in [-0.1, -0.05) is 24.6 Å². The van der Waals surface area contributed by atoms with E-state index < -0.39 is 28.7 Å². The van der Waals surface area contributed by atoms with Gasteiger partial charge in [0.15, 0.2) is 11.9 Å². The molecule has 2 amide bonds. The lowest BCUT2D eigenvalue weighted by atomic mass is 10.1. The van der Waals surface area contributed by atoms with Crippen LogP contribution in [-0.2, 0) is 9.59 Å². The van der Waals surface area contributed by atoms with E-state index in [4.69, 9.17) is 4.74 Å². The Balaban J connectivity index is 1.88. The molecule has 0 aliphatic carbocycles. The monoisotopic (exact) mass is 384 g/mol. The molecular weight excluding hydrogens is 364 g/mol. The first-order valence-electron chi connectivity index (χ1n) is 8.80. The van der Waals surface area contributed by atoms with Crippen LogP contribution in [0.15, 0.2) is 30.3 Å². The lowest BCUT2D eigenvalue weighted by Gasteiger charge is -2.30. The number of nitrogens with zero attached hydrogens (tertiary/aromatic N) is 3. The van der Waals surface area contributed by atoms with Crippen LogP contribution in [0.25, 0.3) is 0 Å². The molecule has 1 aliphatic rings. The van der Waals surface area contributed by atoms with Crippen molar-refractivity contribution in [1.29, 1.82) is 0 Å². The predicted molar refractivity (Wildman–Crippen MR) is 102 cm³/mol.